The molecule has 134 valence electrons. The molecule has 0 fully saturated rings. The molecule has 0 amide bonds. The Morgan fingerprint density at radius 3 is 1.50 bits per heavy atom. The Labute approximate surface area is 161 Å². The van der Waals surface area contributed by atoms with E-state index in [-0.39, 0.29) is 0 Å². The van der Waals surface area contributed by atoms with Gasteiger partial charge < -0.3 is 0 Å². The van der Waals surface area contributed by atoms with Gasteiger partial charge in [0.05, 0.1) is 32.2 Å². The molecule has 0 aromatic carbocycles. The number of fused-ring (bicyclic) bond motifs is 2. The van der Waals surface area contributed by atoms with Gasteiger partial charge in [0.1, 0.15) is 0 Å². The summed E-state index contributed by atoms with van der Waals surface area (Å²) in [6, 6.07) is 12.5. The van der Waals surface area contributed by atoms with Gasteiger partial charge in [-0.05, 0) is 57.7 Å². The van der Waals surface area contributed by atoms with Gasteiger partial charge in [-0.3, -0.25) is 0 Å². The number of pyridine rings is 2. The van der Waals surface area contributed by atoms with Crippen molar-refractivity contribution in [3.05, 3.63) is 60.2 Å². The van der Waals surface area contributed by atoms with Gasteiger partial charge in [0.2, 0.25) is 0 Å². The number of aromatic nitrogens is 4. The van der Waals surface area contributed by atoms with Gasteiger partial charge in [-0.25, -0.2) is 9.03 Å². The largest absolute Gasteiger partial charge is 0.239 e. The standard InChI is InChI=1S/C20H22N4S2/c1-13(2)17-19(15-9-5-7-11-23(15)21-17)25-26-20-16-10-6-8-12-24(16)22-18(20)14(3)4/h5-14H,1-4H3. The van der Waals surface area contributed by atoms with Crippen molar-refractivity contribution >= 4 is 32.6 Å². The quantitative estimate of drug-likeness (QED) is 0.395. The lowest BCUT2D eigenvalue weighted by molar-refractivity contribution is 0.775. The molecule has 0 aliphatic heterocycles. The van der Waals surface area contributed by atoms with Crippen LogP contribution in [-0.2, 0) is 0 Å². The van der Waals surface area contributed by atoms with E-state index in [2.05, 4.69) is 52.0 Å². The van der Waals surface area contributed by atoms with Crippen LogP contribution in [0.5, 0.6) is 0 Å². The number of hydrogen-bond donors (Lipinski definition) is 0. The van der Waals surface area contributed by atoms with Crippen LogP contribution in [0.25, 0.3) is 11.0 Å². The summed E-state index contributed by atoms with van der Waals surface area (Å²) in [5, 5.41) is 9.59. The summed E-state index contributed by atoms with van der Waals surface area (Å²) in [5.41, 5.74) is 4.63. The maximum atomic E-state index is 4.79. The minimum atomic E-state index is 0.381. The third-order valence-electron chi connectivity index (χ3n) is 4.34. The van der Waals surface area contributed by atoms with Gasteiger partial charge in [-0.1, -0.05) is 39.8 Å². The van der Waals surface area contributed by atoms with Crippen LogP contribution in [0.3, 0.4) is 0 Å². The minimum Gasteiger partial charge on any atom is -0.239 e. The van der Waals surface area contributed by atoms with Crippen molar-refractivity contribution in [1.29, 1.82) is 0 Å². The Balaban J connectivity index is 1.76. The summed E-state index contributed by atoms with van der Waals surface area (Å²) >= 11 is 0. The van der Waals surface area contributed by atoms with E-state index in [0.29, 0.717) is 11.8 Å². The van der Waals surface area contributed by atoms with E-state index in [1.807, 2.05) is 33.6 Å². The molecule has 0 bridgehead atoms. The molecule has 4 nitrogen and oxygen atoms in total. The zero-order valence-corrected chi connectivity index (χ0v) is 17.0. The average molecular weight is 383 g/mol. The van der Waals surface area contributed by atoms with Crippen molar-refractivity contribution < 1.29 is 0 Å². The van der Waals surface area contributed by atoms with Crippen molar-refractivity contribution in [3.63, 3.8) is 0 Å². The van der Waals surface area contributed by atoms with E-state index in [9.17, 15) is 0 Å². The van der Waals surface area contributed by atoms with Crippen molar-refractivity contribution in [3.8, 4) is 0 Å². The smallest absolute Gasteiger partial charge is 0.0809 e. The monoisotopic (exact) mass is 382 g/mol. The summed E-state index contributed by atoms with van der Waals surface area (Å²) in [6.07, 6.45) is 4.04. The van der Waals surface area contributed by atoms with Gasteiger partial charge in [-0.2, -0.15) is 10.2 Å². The third kappa shape index (κ3) is 3.01. The van der Waals surface area contributed by atoms with Crippen molar-refractivity contribution in [2.45, 2.75) is 49.3 Å². The predicted octanol–water partition coefficient (Wildman–Crippen LogP) is 6.03. The first-order chi connectivity index (χ1) is 12.6. The minimum absolute atomic E-state index is 0.381. The molecule has 4 aromatic heterocycles. The summed E-state index contributed by atoms with van der Waals surface area (Å²) in [6.45, 7) is 8.80. The normalized spacial score (nSPS) is 12.1. The highest BCUT2D eigenvalue weighted by molar-refractivity contribution is 8.76. The van der Waals surface area contributed by atoms with E-state index >= 15 is 0 Å². The molecule has 6 heteroatoms. The average Bonchev–Trinajstić information content (AvgIpc) is 3.18. The van der Waals surface area contributed by atoms with Crippen LogP contribution in [0, 0.1) is 0 Å². The van der Waals surface area contributed by atoms with E-state index in [1.54, 1.807) is 21.6 Å². The van der Waals surface area contributed by atoms with Crippen molar-refractivity contribution in [1.82, 2.24) is 19.2 Å². The SMILES string of the molecule is CC(C)c1nn2ccccc2c1SSc1c(C(C)C)nn2ccccc12. The summed E-state index contributed by atoms with van der Waals surface area (Å²) < 4.78 is 3.97. The highest BCUT2D eigenvalue weighted by atomic mass is 33.1. The lowest BCUT2D eigenvalue weighted by atomic mass is 10.1. The summed E-state index contributed by atoms with van der Waals surface area (Å²) in [5.74, 6) is 0.762. The maximum Gasteiger partial charge on any atom is 0.0809 e. The molecular weight excluding hydrogens is 360 g/mol. The second-order valence-electron chi connectivity index (χ2n) is 6.97. The molecule has 0 saturated carbocycles. The van der Waals surface area contributed by atoms with Crippen LogP contribution in [0.1, 0.15) is 50.9 Å². The molecule has 0 unspecified atom stereocenters. The van der Waals surface area contributed by atoms with Gasteiger partial charge >= 0.3 is 0 Å². The van der Waals surface area contributed by atoms with Crippen molar-refractivity contribution in [2.75, 3.05) is 0 Å². The fourth-order valence-corrected chi connectivity index (χ4v) is 5.91. The highest BCUT2D eigenvalue weighted by Gasteiger charge is 2.20. The molecule has 4 rings (SSSR count). The zero-order valence-electron chi connectivity index (χ0n) is 15.4. The van der Waals surface area contributed by atoms with E-state index < -0.39 is 0 Å². The molecule has 0 N–H and O–H groups in total. The Morgan fingerprint density at radius 2 is 1.12 bits per heavy atom. The molecule has 0 atom stereocenters. The Hall–Kier alpha value is -1.92. The fraction of sp³-hybridized carbons (Fsp3) is 0.300. The molecule has 4 heterocycles. The zero-order chi connectivity index (χ0) is 18.3. The van der Waals surface area contributed by atoms with Crippen LogP contribution >= 0.6 is 21.6 Å². The molecular formula is C20H22N4S2. The van der Waals surface area contributed by atoms with Crippen LogP contribution in [0.4, 0.5) is 0 Å². The number of nitrogens with zero attached hydrogens (tertiary/aromatic N) is 4. The van der Waals surface area contributed by atoms with Gasteiger partial charge in [0, 0.05) is 12.4 Å². The van der Waals surface area contributed by atoms with E-state index in [0.717, 1.165) is 22.4 Å². The molecule has 0 aliphatic carbocycles. The maximum absolute atomic E-state index is 4.79. The van der Waals surface area contributed by atoms with Gasteiger partial charge in [0.15, 0.2) is 0 Å². The van der Waals surface area contributed by atoms with Crippen molar-refractivity contribution in [2.24, 2.45) is 0 Å². The molecule has 0 aliphatic rings. The lowest BCUT2D eigenvalue weighted by Gasteiger charge is -2.07. The molecule has 26 heavy (non-hydrogen) atoms. The highest BCUT2D eigenvalue weighted by Crippen LogP contribution is 2.46. The van der Waals surface area contributed by atoms with Gasteiger partial charge in [-0.15, -0.1) is 0 Å². The topological polar surface area (TPSA) is 34.6 Å². The first-order valence-electron chi connectivity index (χ1n) is 8.85. The molecule has 0 spiro atoms. The Morgan fingerprint density at radius 1 is 0.692 bits per heavy atom. The van der Waals surface area contributed by atoms with Crippen LogP contribution < -0.4 is 0 Å². The number of hydrogen-bond acceptors (Lipinski definition) is 4. The van der Waals surface area contributed by atoms with Crippen LogP contribution in [0.15, 0.2) is 58.6 Å². The second-order valence-corrected chi connectivity index (χ2v) is 9.12. The summed E-state index contributed by atoms with van der Waals surface area (Å²) in [7, 11) is 3.59. The molecule has 4 aromatic rings. The Bertz CT molecular complexity index is 976. The fourth-order valence-electron chi connectivity index (χ4n) is 3.00. The Kier molecular flexibility index (Phi) is 4.71. The molecule has 0 saturated heterocycles. The van der Waals surface area contributed by atoms with E-state index in [4.69, 9.17) is 10.2 Å². The first kappa shape index (κ1) is 17.5. The second kappa shape index (κ2) is 7.00. The van der Waals surface area contributed by atoms with E-state index in [1.165, 1.54) is 9.79 Å². The lowest BCUT2D eigenvalue weighted by Crippen LogP contribution is -1.91. The first-order valence-corrected chi connectivity index (χ1v) is 11.0. The van der Waals surface area contributed by atoms with Crippen LogP contribution in [0.2, 0.25) is 0 Å². The third-order valence-corrected chi connectivity index (χ3v) is 6.85. The predicted molar refractivity (Wildman–Crippen MR) is 110 cm³/mol. The molecule has 0 radical (unpaired) electrons. The van der Waals surface area contributed by atoms with Gasteiger partial charge in [0.25, 0.3) is 0 Å². The number of rotatable bonds is 5. The summed E-state index contributed by atoms with van der Waals surface area (Å²) in [4.78, 5) is 2.49. The van der Waals surface area contributed by atoms with Crippen LogP contribution in [-0.4, -0.2) is 19.2 Å².